The number of ether oxygens (including phenoxy) is 2. The van der Waals surface area contributed by atoms with E-state index >= 15 is 4.39 Å². The molecule has 0 unspecified atom stereocenters. The summed E-state index contributed by atoms with van der Waals surface area (Å²) in [5.41, 5.74) is 6.01. The molecule has 2 aromatic carbocycles. The van der Waals surface area contributed by atoms with Crippen molar-refractivity contribution in [3.63, 3.8) is 0 Å². The molecular formula is C33H36FN3O3. The molecule has 0 bridgehead atoms. The summed E-state index contributed by atoms with van der Waals surface area (Å²) in [6.45, 7) is 8.92. The van der Waals surface area contributed by atoms with Crippen molar-refractivity contribution in [2.45, 2.75) is 46.6 Å². The molecular weight excluding hydrogens is 505 g/mol. The van der Waals surface area contributed by atoms with E-state index in [0.29, 0.717) is 41.3 Å². The van der Waals surface area contributed by atoms with Gasteiger partial charge in [-0.05, 0) is 79.3 Å². The van der Waals surface area contributed by atoms with Crippen molar-refractivity contribution >= 4 is 23.1 Å². The van der Waals surface area contributed by atoms with Crippen LogP contribution >= 0.6 is 0 Å². The molecule has 1 fully saturated rings. The van der Waals surface area contributed by atoms with Crippen LogP contribution in [0.1, 0.15) is 66.4 Å². The number of nitrogens with zero attached hydrogens (tertiary/aromatic N) is 3. The second kappa shape index (κ2) is 12.4. The Morgan fingerprint density at radius 1 is 1.23 bits per heavy atom. The van der Waals surface area contributed by atoms with Crippen molar-refractivity contribution in [3.8, 4) is 22.9 Å². The summed E-state index contributed by atoms with van der Waals surface area (Å²) in [7, 11) is 3.43. The van der Waals surface area contributed by atoms with Crippen molar-refractivity contribution in [1.82, 2.24) is 4.98 Å². The maximum Gasteiger partial charge on any atom is 0.165 e. The van der Waals surface area contributed by atoms with Gasteiger partial charge in [-0.2, -0.15) is 5.26 Å². The van der Waals surface area contributed by atoms with Crippen LogP contribution < -0.4 is 9.64 Å². The molecule has 1 aliphatic rings. The van der Waals surface area contributed by atoms with Crippen molar-refractivity contribution in [2.24, 2.45) is 5.92 Å². The van der Waals surface area contributed by atoms with E-state index in [1.54, 1.807) is 25.4 Å². The Balaban J connectivity index is 1.70. The van der Waals surface area contributed by atoms with Gasteiger partial charge in [0, 0.05) is 49.5 Å². The molecule has 1 aliphatic heterocycles. The minimum atomic E-state index is -0.423. The number of benzene rings is 2. The summed E-state index contributed by atoms with van der Waals surface area (Å²) in [6, 6.07) is 12.9. The van der Waals surface area contributed by atoms with E-state index in [2.05, 4.69) is 11.1 Å². The Labute approximate surface area is 236 Å². The van der Waals surface area contributed by atoms with Crippen molar-refractivity contribution in [2.75, 3.05) is 32.3 Å². The van der Waals surface area contributed by atoms with E-state index in [1.807, 2.05) is 63.9 Å². The molecule has 3 aromatic rings. The number of allylic oxidation sites excluding steroid dienone is 1. The summed E-state index contributed by atoms with van der Waals surface area (Å²) in [4.78, 5) is 18.9. The van der Waals surface area contributed by atoms with Crippen LogP contribution in [0.15, 0.2) is 42.6 Å². The third kappa shape index (κ3) is 5.93. The number of carbonyl (C=O) groups is 1. The molecule has 0 amide bonds. The van der Waals surface area contributed by atoms with Crippen LogP contribution in [-0.4, -0.2) is 44.2 Å². The van der Waals surface area contributed by atoms with Gasteiger partial charge in [-0.15, -0.1) is 0 Å². The second-order valence-electron chi connectivity index (χ2n) is 10.6. The number of rotatable bonds is 8. The third-order valence-electron chi connectivity index (χ3n) is 7.62. The topological polar surface area (TPSA) is 75.4 Å². The first kappa shape index (κ1) is 29.0. The normalized spacial score (nSPS) is 14.2. The van der Waals surface area contributed by atoms with Gasteiger partial charge >= 0.3 is 0 Å². The van der Waals surface area contributed by atoms with Crippen LogP contribution in [0.25, 0.3) is 22.8 Å². The summed E-state index contributed by atoms with van der Waals surface area (Å²) >= 11 is 0. The van der Waals surface area contributed by atoms with Crippen molar-refractivity contribution in [1.29, 1.82) is 5.26 Å². The zero-order valence-corrected chi connectivity index (χ0v) is 24.0. The van der Waals surface area contributed by atoms with Crippen molar-refractivity contribution in [3.05, 3.63) is 76.4 Å². The van der Waals surface area contributed by atoms with E-state index in [1.165, 1.54) is 6.07 Å². The number of hydrogen-bond donors (Lipinski definition) is 0. The maximum atomic E-state index is 15.6. The number of pyridine rings is 1. The van der Waals surface area contributed by atoms with Gasteiger partial charge in [0.25, 0.3) is 0 Å². The molecule has 1 aromatic heterocycles. The molecule has 0 aliphatic carbocycles. The predicted molar refractivity (Wildman–Crippen MR) is 157 cm³/mol. The number of ketones is 1. The second-order valence-corrected chi connectivity index (χ2v) is 10.6. The first-order chi connectivity index (χ1) is 19.2. The number of Topliss-reactive ketones (excluding diaryl/α,β-unsaturated/α-hetero) is 1. The van der Waals surface area contributed by atoms with E-state index in [-0.39, 0.29) is 17.7 Å². The Kier molecular flexibility index (Phi) is 9.01. The number of carbonyl (C=O) groups excluding carboxylic acids is 1. The summed E-state index contributed by atoms with van der Waals surface area (Å²) in [5.74, 6) is 0.141. The van der Waals surface area contributed by atoms with Gasteiger partial charge in [-0.1, -0.05) is 26.0 Å². The SMILES string of the molecule is COc1cc(C(=O)C(C)C)ccc1/C(C)=C/c1nccc(-c2cc(F)c(N(C)C3CCOCC3)c(C#N)c2)c1C. The van der Waals surface area contributed by atoms with Gasteiger partial charge in [0.05, 0.1) is 24.1 Å². The summed E-state index contributed by atoms with van der Waals surface area (Å²) < 4.78 is 26.6. The minimum Gasteiger partial charge on any atom is -0.496 e. The maximum absolute atomic E-state index is 15.6. The first-order valence-corrected chi connectivity index (χ1v) is 13.6. The number of aromatic nitrogens is 1. The first-order valence-electron chi connectivity index (χ1n) is 13.6. The van der Waals surface area contributed by atoms with E-state index in [4.69, 9.17) is 9.47 Å². The van der Waals surface area contributed by atoms with Crippen LogP contribution in [-0.2, 0) is 4.74 Å². The van der Waals surface area contributed by atoms with Crippen LogP contribution in [0.5, 0.6) is 5.75 Å². The molecule has 1 saturated heterocycles. The van der Waals surface area contributed by atoms with Gasteiger partial charge in [-0.3, -0.25) is 9.78 Å². The van der Waals surface area contributed by atoms with Crippen LogP contribution in [0.4, 0.5) is 10.1 Å². The van der Waals surface area contributed by atoms with Crippen LogP contribution in [0.3, 0.4) is 0 Å². The average molecular weight is 542 g/mol. The highest BCUT2D eigenvalue weighted by Crippen LogP contribution is 2.35. The summed E-state index contributed by atoms with van der Waals surface area (Å²) in [6.07, 6.45) is 5.23. The van der Waals surface area contributed by atoms with Gasteiger partial charge in [-0.25, -0.2) is 4.39 Å². The number of hydrogen-bond acceptors (Lipinski definition) is 6. The lowest BCUT2D eigenvalue weighted by atomic mass is 9.94. The van der Waals surface area contributed by atoms with Gasteiger partial charge in [0.2, 0.25) is 0 Å². The molecule has 4 rings (SSSR count). The Morgan fingerprint density at radius 3 is 2.60 bits per heavy atom. The fraction of sp³-hybridized carbons (Fsp3) is 0.364. The fourth-order valence-electron chi connectivity index (χ4n) is 5.25. The third-order valence-corrected chi connectivity index (χ3v) is 7.62. The summed E-state index contributed by atoms with van der Waals surface area (Å²) in [5, 5.41) is 9.94. The molecule has 0 atom stereocenters. The van der Waals surface area contributed by atoms with Crippen molar-refractivity contribution < 1.29 is 18.7 Å². The van der Waals surface area contributed by atoms with E-state index in [0.717, 1.165) is 40.8 Å². The molecule has 0 N–H and O–H groups in total. The largest absolute Gasteiger partial charge is 0.496 e. The quantitative estimate of drug-likeness (QED) is 0.283. The average Bonchev–Trinajstić information content (AvgIpc) is 2.97. The highest BCUT2D eigenvalue weighted by atomic mass is 19.1. The lowest BCUT2D eigenvalue weighted by molar-refractivity contribution is 0.0853. The Bertz CT molecular complexity index is 1480. The smallest absolute Gasteiger partial charge is 0.165 e. The lowest BCUT2D eigenvalue weighted by Gasteiger charge is -2.33. The van der Waals surface area contributed by atoms with Crippen LogP contribution in [0.2, 0.25) is 0 Å². The Hall–Kier alpha value is -4.02. The molecule has 208 valence electrons. The number of anilines is 1. The van der Waals surface area contributed by atoms with Crippen LogP contribution in [0, 0.1) is 30.0 Å². The van der Waals surface area contributed by atoms with Gasteiger partial charge in [0.15, 0.2) is 5.78 Å². The predicted octanol–water partition coefficient (Wildman–Crippen LogP) is 7.09. The molecule has 0 radical (unpaired) electrons. The minimum absolute atomic E-state index is 0.0608. The fourth-order valence-corrected chi connectivity index (χ4v) is 5.25. The van der Waals surface area contributed by atoms with E-state index in [9.17, 15) is 10.1 Å². The number of methoxy groups -OCH3 is 1. The zero-order chi connectivity index (χ0) is 29.0. The zero-order valence-electron chi connectivity index (χ0n) is 24.0. The number of halogens is 1. The molecule has 6 nitrogen and oxygen atoms in total. The van der Waals surface area contributed by atoms with Gasteiger partial charge in [0.1, 0.15) is 17.6 Å². The van der Waals surface area contributed by atoms with Gasteiger partial charge < -0.3 is 14.4 Å². The Morgan fingerprint density at radius 2 is 1.95 bits per heavy atom. The lowest BCUT2D eigenvalue weighted by Crippen LogP contribution is -2.37. The monoisotopic (exact) mass is 541 g/mol. The molecule has 2 heterocycles. The standard InChI is InChI=1S/C33H36FN3O3/c1-20(2)33(38)23-7-8-27(31(18-23)39-6)21(3)15-30-22(4)28(9-12-36-30)24-16-25(19-35)32(29(34)17-24)37(5)26-10-13-40-14-11-26/h7-9,12,15-18,20,26H,10-11,13-14H2,1-6H3/b21-15+. The molecule has 0 saturated carbocycles. The number of nitriles is 1. The molecule has 40 heavy (non-hydrogen) atoms. The highest BCUT2D eigenvalue weighted by Gasteiger charge is 2.24. The molecule has 7 heteroatoms. The molecule has 0 spiro atoms. The van der Waals surface area contributed by atoms with E-state index < -0.39 is 5.82 Å². The highest BCUT2D eigenvalue weighted by molar-refractivity contribution is 5.98.